The lowest BCUT2D eigenvalue weighted by Gasteiger charge is -1.90. The molecule has 0 unspecified atom stereocenters. The van der Waals surface area contributed by atoms with Gasteiger partial charge in [-0.3, -0.25) is 0 Å². The Morgan fingerprint density at radius 2 is 1.00 bits per heavy atom. The average molecular weight is 257 g/mol. The van der Waals surface area contributed by atoms with E-state index in [0.29, 0.717) is 0 Å². The number of alkyl halides is 2. The van der Waals surface area contributed by atoms with Crippen molar-refractivity contribution >= 4 is 0 Å². The molecule has 0 radical (unpaired) electrons. The molecule has 0 aromatic rings. The predicted octanol–water partition coefficient (Wildman–Crippen LogP) is -0.935. The van der Waals surface area contributed by atoms with Crippen LogP contribution in [0.3, 0.4) is 0 Å². The van der Waals surface area contributed by atoms with E-state index >= 15 is 0 Å². The summed E-state index contributed by atoms with van der Waals surface area (Å²) in [7, 11) is 0. The van der Waals surface area contributed by atoms with Crippen molar-refractivity contribution in [2.45, 2.75) is 7.85 Å². The summed E-state index contributed by atoms with van der Waals surface area (Å²) in [6.45, 7) is 0. The van der Waals surface area contributed by atoms with Crippen molar-refractivity contribution in [3.05, 3.63) is 48.6 Å². The van der Waals surface area contributed by atoms with Crippen LogP contribution in [-0.2, 0) is 0 Å². The zero-order chi connectivity index (χ0) is 7.52. The van der Waals surface area contributed by atoms with Crippen molar-refractivity contribution in [3.63, 3.8) is 0 Å². The first-order chi connectivity index (χ1) is 5.45. The number of allylic oxidation sites excluding steroid dienone is 8. The maximum absolute atomic E-state index is 2.31. The number of hydrogen-bond acceptors (Lipinski definition) is 0. The van der Waals surface area contributed by atoms with Gasteiger partial charge in [0.15, 0.2) is 7.85 Å². The van der Waals surface area contributed by atoms with Crippen LogP contribution in [0.4, 0.5) is 0 Å². The number of hydrogen-bond donors (Lipinski definition) is 0. The lowest BCUT2D eigenvalue weighted by atomic mass is 10.5. The van der Waals surface area contributed by atoms with Gasteiger partial charge in [0, 0.05) is 0 Å². The van der Waals surface area contributed by atoms with Gasteiger partial charge in [0.1, 0.15) is 0 Å². The lowest BCUT2D eigenvalue weighted by Crippen LogP contribution is -3.68. The second kappa shape index (κ2) is 3.39. The summed E-state index contributed by atoms with van der Waals surface area (Å²) in [5, 5.41) is 0. The van der Waals surface area contributed by atoms with Crippen molar-refractivity contribution in [1.29, 1.82) is 0 Å². The molecule has 0 N–H and O–H groups in total. The van der Waals surface area contributed by atoms with Gasteiger partial charge in [0.25, 0.3) is 21.2 Å². The first-order valence-electron chi connectivity index (χ1n) is 3.77. The number of rotatable bonds is 2. The van der Waals surface area contributed by atoms with Crippen molar-refractivity contribution in [3.8, 4) is 0 Å². The van der Waals surface area contributed by atoms with Gasteiger partial charge in [-0.25, -0.2) is 0 Å². The summed E-state index contributed by atoms with van der Waals surface area (Å²) in [5.41, 5.74) is 0. The first kappa shape index (κ1) is 7.35. The maximum Gasteiger partial charge on any atom is 0.293 e. The molecule has 0 saturated heterocycles. The van der Waals surface area contributed by atoms with E-state index in [1.807, 2.05) is 0 Å². The molecule has 0 nitrogen and oxygen atoms in total. The van der Waals surface area contributed by atoms with E-state index in [1.54, 1.807) is 0 Å². The van der Waals surface area contributed by atoms with Crippen LogP contribution in [0.15, 0.2) is 48.6 Å². The summed E-state index contributed by atoms with van der Waals surface area (Å²) >= 11 is 0.271. The fraction of sp³-hybridized carbons (Fsp3) is 0.200. The van der Waals surface area contributed by atoms with Gasteiger partial charge in [-0.2, -0.15) is 0 Å². The summed E-state index contributed by atoms with van der Waals surface area (Å²) in [5.74, 6) is 0. The minimum absolute atomic E-state index is 0.271. The molecule has 0 aromatic heterocycles. The van der Waals surface area contributed by atoms with E-state index < -0.39 is 0 Å². The summed E-state index contributed by atoms with van der Waals surface area (Å²) in [6.07, 6.45) is 17.9. The highest BCUT2D eigenvalue weighted by Crippen LogP contribution is 1.95. The molecular formula is C10H10I+. The van der Waals surface area contributed by atoms with Gasteiger partial charge in [-0.15, -0.1) is 0 Å². The van der Waals surface area contributed by atoms with Gasteiger partial charge < -0.3 is 0 Å². The Morgan fingerprint density at radius 1 is 0.636 bits per heavy atom. The summed E-state index contributed by atoms with van der Waals surface area (Å²) < 4.78 is 1.57. The molecule has 56 valence electrons. The Labute approximate surface area is 77.6 Å². The third-order valence-electron chi connectivity index (χ3n) is 1.69. The molecule has 11 heavy (non-hydrogen) atoms. The summed E-state index contributed by atoms with van der Waals surface area (Å²) in [6, 6.07) is 0. The Kier molecular flexibility index (Phi) is 2.26. The molecular weight excluding hydrogens is 247 g/mol. The van der Waals surface area contributed by atoms with Crippen LogP contribution in [0.25, 0.3) is 0 Å². The normalized spacial score (nSPS) is 22.5. The first-order valence-corrected chi connectivity index (χ1v) is 6.26. The summed E-state index contributed by atoms with van der Waals surface area (Å²) in [4.78, 5) is 0. The Morgan fingerprint density at radius 3 is 1.36 bits per heavy atom. The smallest absolute Gasteiger partial charge is 0.0616 e. The molecule has 0 bridgehead atoms. The van der Waals surface area contributed by atoms with Crippen LogP contribution in [0.2, 0.25) is 0 Å². The second-order valence-corrected chi connectivity index (χ2v) is 6.15. The molecule has 2 aliphatic carbocycles. The van der Waals surface area contributed by atoms with Crippen LogP contribution in [-0.4, -0.2) is 7.85 Å². The molecule has 1 heteroatoms. The Bertz CT molecular complexity index is 196. The standard InChI is InChI=1S/C10H10I/c1-2-6-9(5-1)11-10-7-3-4-8-10/h1-10H/q+1. The zero-order valence-corrected chi connectivity index (χ0v) is 8.31. The van der Waals surface area contributed by atoms with Gasteiger partial charge in [0.2, 0.25) is 0 Å². The third-order valence-corrected chi connectivity index (χ3v) is 5.01. The third kappa shape index (κ3) is 1.83. The minimum atomic E-state index is 0.271. The predicted molar refractivity (Wildman–Crippen MR) is 44.1 cm³/mol. The minimum Gasteiger partial charge on any atom is -0.0616 e. The monoisotopic (exact) mass is 257 g/mol. The molecule has 2 aliphatic rings. The molecule has 0 aromatic carbocycles. The van der Waals surface area contributed by atoms with Crippen molar-refractivity contribution in [2.75, 3.05) is 0 Å². The van der Waals surface area contributed by atoms with Crippen LogP contribution in [0.5, 0.6) is 0 Å². The van der Waals surface area contributed by atoms with E-state index in [-0.39, 0.29) is 21.2 Å². The highest BCUT2D eigenvalue weighted by molar-refractivity contribution is 5.21. The van der Waals surface area contributed by atoms with Crippen molar-refractivity contribution in [1.82, 2.24) is 0 Å². The molecule has 0 amide bonds. The van der Waals surface area contributed by atoms with E-state index in [9.17, 15) is 0 Å². The number of halogens is 1. The molecule has 0 fully saturated rings. The van der Waals surface area contributed by atoms with Crippen LogP contribution >= 0.6 is 0 Å². The Hall–Kier alpha value is -0.310. The van der Waals surface area contributed by atoms with Crippen LogP contribution in [0.1, 0.15) is 0 Å². The van der Waals surface area contributed by atoms with Crippen molar-refractivity contribution in [2.24, 2.45) is 0 Å². The van der Waals surface area contributed by atoms with E-state index in [2.05, 4.69) is 48.6 Å². The molecule has 0 spiro atoms. The maximum atomic E-state index is 2.31. The van der Waals surface area contributed by atoms with Gasteiger partial charge in [-0.05, 0) is 24.3 Å². The highest BCUT2D eigenvalue weighted by atomic mass is 127. The molecule has 0 saturated carbocycles. The molecule has 0 atom stereocenters. The van der Waals surface area contributed by atoms with Crippen molar-refractivity contribution < 1.29 is 21.2 Å². The van der Waals surface area contributed by atoms with Gasteiger partial charge >= 0.3 is 0 Å². The zero-order valence-electron chi connectivity index (χ0n) is 6.15. The average Bonchev–Trinajstić information content (AvgIpc) is 2.60. The van der Waals surface area contributed by atoms with E-state index in [0.717, 1.165) is 7.85 Å². The lowest BCUT2D eigenvalue weighted by molar-refractivity contribution is -0.683. The fourth-order valence-corrected chi connectivity index (χ4v) is 4.02. The SMILES string of the molecule is C1=CC([I+]C2C=CC=C2)C=C1. The van der Waals surface area contributed by atoms with Gasteiger partial charge in [-0.1, -0.05) is 24.3 Å². The molecule has 0 heterocycles. The van der Waals surface area contributed by atoms with Gasteiger partial charge in [0.05, 0.1) is 0 Å². The van der Waals surface area contributed by atoms with Crippen LogP contribution in [0, 0.1) is 0 Å². The molecule has 2 rings (SSSR count). The second-order valence-electron chi connectivity index (χ2n) is 2.55. The molecule has 0 aliphatic heterocycles. The van der Waals surface area contributed by atoms with E-state index in [4.69, 9.17) is 0 Å². The van der Waals surface area contributed by atoms with E-state index in [1.165, 1.54) is 0 Å². The highest BCUT2D eigenvalue weighted by Gasteiger charge is 2.26. The largest absolute Gasteiger partial charge is 0.293 e. The Balaban J connectivity index is 1.90. The quantitative estimate of drug-likeness (QED) is 0.442. The topological polar surface area (TPSA) is 0 Å². The fourth-order valence-electron chi connectivity index (χ4n) is 1.15. The van der Waals surface area contributed by atoms with Crippen LogP contribution < -0.4 is 21.2 Å².